The van der Waals surface area contributed by atoms with Crippen LogP contribution < -0.4 is 10.1 Å². The molecular formula is C22H26N4O4. The van der Waals surface area contributed by atoms with Crippen LogP contribution >= 0.6 is 0 Å². The van der Waals surface area contributed by atoms with E-state index >= 15 is 0 Å². The molecule has 3 heterocycles. The van der Waals surface area contributed by atoms with Crippen molar-refractivity contribution >= 4 is 5.91 Å². The Morgan fingerprint density at radius 3 is 2.67 bits per heavy atom. The van der Waals surface area contributed by atoms with Crippen molar-refractivity contribution < 1.29 is 18.7 Å². The minimum Gasteiger partial charge on any atom is -0.497 e. The van der Waals surface area contributed by atoms with E-state index in [1.54, 1.807) is 13.3 Å². The zero-order valence-corrected chi connectivity index (χ0v) is 17.2. The largest absolute Gasteiger partial charge is 0.497 e. The highest BCUT2D eigenvalue weighted by atomic mass is 16.5. The summed E-state index contributed by atoms with van der Waals surface area (Å²) >= 11 is 0. The van der Waals surface area contributed by atoms with Gasteiger partial charge in [-0.05, 0) is 43.3 Å². The Kier molecular flexibility index (Phi) is 6.15. The van der Waals surface area contributed by atoms with Gasteiger partial charge in [-0.2, -0.15) is 5.10 Å². The molecule has 0 saturated carbocycles. The van der Waals surface area contributed by atoms with Crippen LogP contribution in [0.25, 0.3) is 11.3 Å². The lowest BCUT2D eigenvalue weighted by molar-refractivity contribution is 0.0117. The molecule has 1 fully saturated rings. The van der Waals surface area contributed by atoms with Gasteiger partial charge in [0, 0.05) is 25.2 Å². The molecule has 1 aliphatic rings. The predicted molar refractivity (Wildman–Crippen MR) is 111 cm³/mol. The maximum absolute atomic E-state index is 13.0. The van der Waals surface area contributed by atoms with Gasteiger partial charge in [-0.1, -0.05) is 0 Å². The van der Waals surface area contributed by atoms with Gasteiger partial charge in [-0.25, -0.2) is 0 Å². The van der Waals surface area contributed by atoms with Gasteiger partial charge in [-0.3, -0.25) is 14.8 Å². The first-order valence-corrected chi connectivity index (χ1v) is 10.00. The fourth-order valence-electron chi connectivity index (χ4n) is 3.65. The van der Waals surface area contributed by atoms with Crippen LogP contribution in [0.1, 0.15) is 27.9 Å². The number of ether oxygens (including phenoxy) is 2. The standard InChI is InChI=1S/C22H26N4O4/c1-15-3-8-20(30-15)19(26-9-11-29-12-10-26)14-23-22(27)18-13-24-25-21(18)16-4-6-17(28-2)7-5-16/h3-8,13,19H,9-12,14H2,1-2H3,(H,23,27)(H,24,25). The lowest BCUT2D eigenvalue weighted by atomic mass is 10.1. The normalized spacial score (nSPS) is 15.7. The fraction of sp³-hybridized carbons (Fsp3) is 0.364. The second-order valence-corrected chi connectivity index (χ2v) is 7.21. The van der Waals surface area contributed by atoms with Crippen LogP contribution in [-0.2, 0) is 4.74 Å². The molecule has 1 aliphatic heterocycles. The smallest absolute Gasteiger partial charge is 0.255 e. The van der Waals surface area contributed by atoms with E-state index in [0.717, 1.165) is 35.9 Å². The highest BCUT2D eigenvalue weighted by Crippen LogP contribution is 2.25. The number of aromatic nitrogens is 2. The van der Waals surface area contributed by atoms with Crippen LogP contribution in [0, 0.1) is 6.92 Å². The van der Waals surface area contributed by atoms with Crippen LogP contribution in [0.3, 0.4) is 0 Å². The van der Waals surface area contributed by atoms with Crippen molar-refractivity contribution in [2.45, 2.75) is 13.0 Å². The zero-order chi connectivity index (χ0) is 20.9. The third-order valence-corrected chi connectivity index (χ3v) is 5.29. The summed E-state index contributed by atoms with van der Waals surface area (Å²) in [4.78, 5) is 15.3. The van der Waals surface area contributed by atoms with Gasteiger partial charge in [0.2, 0.25) is 0 Å². The molecule has 1 unspecified atom stereocenters. The van der Waals surface area contributed by atoms with Gasteiger partial charge in [-0.15, -0.1) is 0 Å². The minimum atomic E-state index is -0.184. The number of methoxy groups -OCH3 is 1. The second kappa shape index (κ2) is 9.15. The molecule has 2 N–H and O–H groups in total. The van der Waals surface area contributed by atoms with E-state index in [1.165, 1.54) is 0 Å². The Bertz CT molecular complexity index is 973. The number of morpholine rings is 1. The summed E-state index contributed by atoms with van der Waals surface area (Å²) in [5, 5.41) is 10.1. The van der Waals surface area contributed by atoms with Crippen molar-refractivity contribution in [3.8, 4) is 17.0 Å². The van der Waals surface area contributed by atoms with E-state index in [0.29, 0.717) is 31.0 Å². The van der Waals surface area contributed by atoms with E-state index in [9.17, 15) is 4.79 Å². The van der Waals surface area contributed by atoms with Gasteiger partial charge in [0.15, 0.2) is 0 Å². The number of carbonyl (C=O) groups is 1. The van der Waals surface area contributed by atoms with Gasteiger partial charge in [0.25, 0.3) is 5.91 Å². The Morgan fingerprint density at radius 2 is 2.00 bits per heavy atom. The van der Waals surface area contributed by atoms with Crippen molar-refractivity contribution in [2.75, 3.05) is 40.0 Å². The predicted octanol–water partition coefficient (Wildman–Crippen LogP) is 2.79. The fourth-order valence-corrected chi connectivity index (χ4v) is 3.65. The number of hydrogen-bond acceptors (Lipinski definition) is 6. The molecule has 2 aromatic heterocycles. The molecule has 4 rings (SSSR count). The Balaban J connectivity index is 1.49. The molecule has 0 bridgehead atoms. The molecule has 0 aliphatic carbocycles. The zero-order valence-electron chi connectivity index (χ0n) is 17.2. The number of benzene rings is 1. The average molecular weight is 410 g/mol. The van der Waals surface area contributed by atoms with Gasteiger partial charge < -0.3 is 19.2 Å². The molecule has 8 nitrogen and oxygen atoms in total. The molecule has 1 amide bonds. The number of furan rings is 1. The molecule has 30 heavy (non-hydrogen) atoms. The van der Waals surface area contributed by atoms with Crippen LogP contribution in [0.4, 0.5) is 0 Å². The molecule has 158 valence electrons. The van der Waals surface area contributed by atoms with Crippen LogP contribution in [0.2, 0.25) is 0 Å². The highest BCUT2D eigenvalue weighted by molar-refractivity contribution is 5.99. The molecule has 8 heteroatoms. The lowest BCUT2D eigenvalue weighted by Gasteiger charge is -2.33. The maximum atomic E-state index is 13.0. The Labute approximate surface area is 175 Å². The SMILES string of the molecule is COc1ccc(-c2[nH]ncc2C(=O)NCC(c2ccc(C)o2)N2CCOCC2)cc1. The molecule has 1 atom stereocenters. The number of H-pyrrole nitrogens is 1. The van der Waals surface area contributed by atoms with Crippen LogP contribution in [0.15, 0.2) is 47.0 Å². The van der Waals surface area contributed by atoms with E-state index in [4.69, 9.17) is 13.9 Å². The number of rotatable bonds is 7. The number of carbonyl (C=O) groups excluding carboxylic acids is 1. The van der Waals surface area contributed by atoms with Crippen LogP contribution in [0.5, 0.6) is 5.75 Å². The summed E-state index contributed by atoms with van der Waals surface area (Å²) in [6.07, 6.45) is 1.55. The molecule has 0 radical (unpaired) electrons. The van der Waals surface area contributed by atoms with E-state index in [2.05, 4.69) is 20.4 Å². The quantitative estimate of drug-likeness (QED) is 0.622. The molecule has 1 aromatic carbocycles. The van der Waals surface area contributed by atoms with Gasteiger partial charge in [0.05, 0.1) is 43.8 Å². The van der Waals surface area contributed by atoms with Crippen LogP contribution in [-0.4, -0.2) is 61.0 Å². The highest BCUT2D eigenvalue weighted by Gasteiger charge is 2.26. The summed E-state index contributed by atoms with van der Waals surface area (Å²) in [7, 11) is 1.62. The maximum Gasteiger partial charge on any atom is 0.255 e. The van der Waals surface area contributed by atoms with Gasteiger partial charge >= 0.3 is 0 Å². The first-order chi connectivity index (χ1) is 14.7. The summed E-state index contributed by atoms with van der Waals surface area (Å²) in [5.41, 5.74) is 2.04. The topological polar surface area (TPSA) is 92.6 Å². The monoisotopic (exact) mass is 410 g/mol. The van der Waals surface area contributed by atoms with E-state index in [1.807, 2.05) is 43.3 Å². The first-order valence-electron chi connectivity index (χ1n) is 10.00. The van der Waals surface area contributed by atoms with E-state index < -0.39 is 0 Å². The van der Waals surface area contributed by atoms with Crippen molar-refractivity contribution in [1.82, 2.24) is 20.4 Å². The third kappa shape index (κ3) is 4.39. The number of nitrogens with zero attached hydrogens (tertiary/aromatic N) is 2. The lowest BCUT2D eigenvalue weighted by Crippen LogP contribution is -2.43. The van der Waals surface area contributed by atoms with Crippen molar-refractivity contribution in [2.24, 2.45) is 0 Å². The molecule has 0 spiro atoms. The number of amides is 1. The number of aryl methyl sites for hydroxylation is 1. The summed E-state index contributed by atoms with van der Waals surface area (Å²) in [6, 6.07) is 11.4. The first kappa shape index (κ1) is 20.2. The second-order valence-electron chi connectivity index (χ2n) is 7.21. The Hall–Kier alpha value is -3.10. The summed E-state index contributed by atoms with van der Waals surface area (Å²) in [6.45, 7) is 5.29. The number of aromatic amines is 1. The summed E-state index contributed by atoms with van der Waals surface area (Å²) in [5.74, 6) is 2.27. The van der Waals surface area contributed by atoms with Crippen molar-refractivity contribution in [3.05, 3.63) is 59.7 Å². The van der Waals surface area contributed by atoms with E-state index in [-0.39, 0.29) is 11.9 Å². The number of nitrogens with one attached hydrogen (secondary N) is 2. The Morgan fingerprint density at radius 1 is 1.23 bits per heavy atom. The minimum absolute atomic E-state index is 0.0529. The molecular weight excluding hydrogens is 384 g/mol. The number of hydrogen-bond donors (Lipinski definition) is 2. The summed E-state index contributed by atoms with van der Waals surface area (Å²) < 4.78 is 16.6. The van der Waals surface area contributed by atoms with Crippen molar-refractivity contribution in [1.29, 1.82) is 0 Å². The third-order valence-electron chi connectivity index (χ3n) is 5.29. The molecule has 3 aromatic rings. The average Bonchev–Trinajstić information content (AvgIpc) is 3.44. The van der Waals surface area contributed by atoms with Crippen molar-refractivity contribution in [3.63, 3.8) is 0 Å². The molecule has 1 saturated heterocycles. The van der Waals surface area contributed by atoms with Gasteiger partial charge in [0.1, 0.15) is 17.3 Å².